The number of hydrogen-bond donors (Lipinski definition) is 1. The molecular formula is C29H33FN6O2. The molecule has 2 aliphatic rings. The zero-order valence-corrected chi connectivity index (χ0v) is 22.1. The lowest BCUT2D eigenvalue weighted by Crippen LogP contribution is -2.46. The van der Waals surface area contributed by atoms with Gasteiger partial charge in [0.1, 0.15) is 11.6 Å². The number of benzene rings is 2. The highest BCUT2D eigenvalue weighted by Crippen LogP contribution is 2.32. The molecule has 0 atom stereocenters. The van der Waals surface area contributed by atoms with Gasteiger partial charge in [-0.2, -0.15) is 0 Å². The lowest BCUT2D eigenvalue weighted by atomic mass is 10.0. The molecular weight excluding hydrogens is 483 g/mol. The molecule has 8 nitrogen and oxygen atoms in total. The van der Waals surface area contributed by atoms with Gasteiger partial charge in [0.05, 0.1) is 36.2 Å². The summed E-state index contributed by atoms with van der Waals surface area (Å²) in [5, 5.41) is 2.99. The van der Waals surface area contributed by atoms with Crippen LogP contribution in [-0.2, 0) is 11.8 Å². The molecule has 0 radical (unpaired) electrons. The van der Waals surface area contributed by atoms with Crippen molar-refractivity contribution < 1.29 is 13.9 Å². The maximum Gasteiger partial charge on any atom is 0.253 e. The minimum atomic E-state index is -0.303. The molecule has 1 amide bonds. The fourth-order valence-electron chi connectivity index (χ4n) is 5.03. The Morgan fingerprint density at radius 3 is 2.58 bits per heavy atom. The molecule has 1 saturated heterocycles. The highest BCUT2D eigenvalue weighted by Gasteiger charge is 2.25. The van der Waals surface area contributed by atoms with E-state index in [-0.39, 0.29) is 11.7 Å². The monoisotopic (exact) mass is 516 g/mol. The standard InChI is InChI=1S/C29H33FN6O2/c1-4-11-35-12-14-36(15-13-35)23-9-10-24(26(17-23)38-3)33-29(37)21-16-25(31-18-21)28-27(32-19-34(28)2)20-5-7-22(30)8-6-20/h5-10,17-19H,4,11-16H2,1-3H3,(H,33,37). The van der Waals surface area contributed by atoms with E-state index in [0.717, 1.165) is 55.4 Å². The van der Waals surface area contributed by atoms with E-state index in [1.54, 1.807) is 31.8 Å². The van der Waals surface area contributed by atoms with Crippen LogP contribution in [0.1, 0.15) is 25.5 Å². The van der Waals surface area contributed by atoms with Crippen molar-refractivity contribution in [2.45, 2.75) is 19.8 Å². The van der Waals surface area contributed by atoms with E-state index in [1.165, 1.54) is 18.6 Å². The molecule has 0 saturated carbocycles. The number of amides is 1. The van der Waals surface area contributed by atoms with Gasteiger partial charge in [-0.1, -0.05) is 6.92 Å². The topological polar surface area (TPSA) is 75.0 Å². The summed E-state index contributed by atoms with van der Waals surface area (Å²) < 4.78 is 20.9. The van der Waals surface area contributed by atoms with Gasteiger partial charge in [-0.3, -0.25) is 14.7 Å². The number of rotatable bonds is 8. The maximum absolute atomic E-state index is 13.4. The summed E-state index contributed by atoms with van der Waals surface area (Å²) in [6, 6.07) is 12.1. The van der Waals surface area contributed by atoms with E-state index in [0.29, 0.717) is 29.1 Å². The number of nitrogens with one attached hydrogen (secondary N) is 1. The first-order valence-corrected chi connectivity index (χ1v) is 13.0. The molecule has 0 bridgehead atoms. The van der Waals surface area contributed by atoms with Crippen molar-refractivity contribution in [2.75, 3.05) is 50.1 Å². The van der Waals surface area contributed by atoms with E-state index < -0.39 is 0 Å². The number of aromatic nitrogens is 2. The second kappa shape index (κ2) is 11.2. The number of nitrogens with zero attached hydrogens (tertiary/aromatic N) is 5. The average Bonchev–Trinajstić information content (AvgIpc) is 3.57. The largest absolute Gasteiger partial charge is 0.494 e. The lowest BCUT2D eigenvalue weighted by molar-refractivity contribution is -0.112. The zero-order chi connectivity index (χ0) is 26.6. The second-order valence-electron chi connectivity index (χ2n) is 9.63. The van der Waals surface area contributed by atoms with Crippen molar-refractivity contribution in [3.8, 4) is 17.0 Å². The highest BCUT2D eigenvalue weighted by molar-refractivity contribution is 6.15. The number of methoxy groups -OCH3 is 1. The quantitative estimate of drug-likeness (QED) is 0.478. The molecule has 1 aromatic heterocycles. The smallest absolute Gasteiger partial charge is 0.253 e. The fourth-order valence-corrected chi connectivity index (χ4v) is 5.03. The molecule has 3 aromatic rings. The van der Waals surface area contributed by atoms with E-state index >= 15 is 0 Å². The molecule has 3 heterocycles. The minimum absolute atomic E-state index is 0.228. The molecule has 5 rings (SSSR count). The number of carbonyl (C=O) groups is 1. The zero-order valence-electron chi connectivity index (χ0n) is 22.1. The van der Waals surface area contributed by atoms with Gasteiger partial charge in [-0.15, -0.1) is 0 Å². The van der Waals surface area contributed by atoms with Gasteiger partial charge in [-0.25, -0.2) is 9.37 Å². The highest BCUT2D eigenvalue weighted by atomic mass is 19.1. The Kier molecular flexibility index (Phi) is 7.55. The molecule has 38 heavy (non-hydrogen) atoms. The summed E-state index contributed by atoms with van der Waals surface area (Å²) in [5.41, 5.74) is 5.28. The van der Waals surface area contributed by atoms with Crippen LogP contribution < -0.4 is 15.0 Å². The molecule has 1 fully saturated rings. The number of halogens is 1. The third kappa shape index (κ3) is 5.33. The molecule has 2 aliphatic heterocycles. The van der Waals surface area contributed by atoms with Crippen LogP contribution in [0.4, 0.5) is 15.8 Å². The van der Waals surface area contributed by atoms with Crippen LogP contribution in [0.25, 0.3) is 11.3 Å². The predicted molar refractivity (Wildman–Crippen MR) is 148 cm³/mol. The van der Waals surface area contributed by atoms with Gasteiger partial charge in [0, 0.05) is 68.7 Å². The average molecular weight is 517 g/mol. The van der Waals surface area contributed by atoms with Crippen molar-refractivity contribution in [1.82, 2.24) is 14.5 Å². The number of carbonyl (C=O) groups excluding carboxylic acids is 1. The van der Waals surface area contributed by atoms with Crippen molar-refractivity contribution in [2.24, 2.45) is 12.0 Å². The number of aryl methyl sites for hydroxylation is 1. The maximum atomic E-state index is 13.4. The van der Waals surface area contributed by atoms with E-state index in [2.05, 4.69) is 32.0 Å². The number of imidazole rings is 1. The predicted octanol–water partition coefficient (Wildman–Crippen LogP) is 4.48. The molecule has 2 aromatic carbocycles. The molecule has 9 heteroatoms. The van der Waals surface area contributed by atoms with Crippen LogP contribution >= 0.6 is 0 Å². The molecule has 0 spiro atoms. The number of anilines is 2. The Hall–Kier alpha value is -3.98. The third-order valence-electron chi connectivity index (χ3n) is 7.06. The number of piperazine rings is 1. The van der Waals surface area contributed by atoms with Crippen LogP contribution in [0.3, 0.4) is 0 Å². The first-order valence-electron chi connectivity index (χ1n) is 13.0. The van der Waals surface area contributed by atoms with Crippen LogP contribution in [-0.4, -0.2) is 65.9 Å². The van der Waals surface area contributed by atoms with Gasteiger partial charge in [0.2, 0.25) is 0 Å². The molecule has 198 valence electrons. The molecule has 0 aliphatic carbocycles. The first kappa shape index (κ1) is 25.7. The van der Waals surface area contributed by atoms with Crippen LogP contribution in [0.5, 0.6) is 5.75 Å². The summed E-state index contributed by atoms with van der Waals surface area (Å²) in [6.45, 7) is 7.38. The van der Waals surface area contributed by atoms with Crippen molar-refractivity contribution >= 4 is 23.0 Å². The third-order valence-corrected chi connectivity index (χ3v) is 7.06. The van der Waals surface area contributed by atoms with Crippen LogP contribution in [0.15, 0.2) is 65.6 Å². The van der Waals surface area contributed by atoms with Crippen LogP contribution in [0, 0.1) is 5.82 Å². The van der Waals surface area contributed by atoms with Crippen LogP contribution in [0.2, 0.25) is 0 Å². The summed E-state index contributed by atoms with van der Waals surface area (Å²) in [7, 11) is 3.50. The Bertz CT molecular complexity index is 1370. The van der Waals surface area contributed by atoms with Gasteiger partial charge in [0.15, 0.2) is 0 Å². The Morgan fingerprint density at radius 2 is 1.87 bits per heavy atom. The van der Waals surface area contributed by atoms with Crippen molar-refractivity contribution in [3.05, 3.63) is 72.1 Å². The molecule has 0 unspecified atom stereocenters. The first-order chi connectivity index (χ1) is 18.5. The van der Waals surface area contributed by atoms with Gasteiger partial charge in [-0.05, 0) is 49.4 Å². The van der Waals surface area contributed by atoms with Crippen molar-refractivity contribution in [1.29, 1.82) is 0 Å². The summed E-state index contributed by atoms with van der Waals surface area (Å²) in [4.78, 5) is 27.0. The summed E-state index contributed by atoms with van der Waals surface area (Å²) >= 11 is 0. The van der Waals surface area contributed by atoms with Crippen molar-refractivity contribution in [3.63, 3.8) is 0 Å². The summed E-state index contributed by atoms with van der Waals surface area (Å²) in [6.07, 6.45) is 4.83. The number of ether oxygens (including phenoxy) is 1. The number of aliphatic imine (C=N–C) groups is 1. The number of hydrogen-bond acceptors (Lipinski definition) is 6. The van der Waals surface area contributed by atoms with Gasteiger partial charge < -0.3 is 19.5 Å². The Morgan fingerprint density at radius 1 is 1.11 bits per heavy atom. The normalized spacial score (nSPS) is 15.8. The van der Waals surface area contributed by atoms with E-state index in [4.69, 9.17) is 4.74 Å². The van der Waals surface area contributed by atoms with Gasteiger partial charge >= 0.3 is 0 Å². The summed E-state index contributed by atoms with van der Waals surface area (Å²) in [5.74, 6) is 0.0911. The SMILES string of the molecule is CCCN1CCN(c2ccc(NC(=O)C3=CN=C(c4c(-c5ccc(F)cc5)ncn4C)C3)c(OC)c2)CC1. The van der Waals surface area contributed by atoms with E-state index in [1.807, 2.05) is 29.8 Å². The Labute approximate surface area is 222 Å². The lowest BCUT2D eigenvalue weighted by Gasteiger charge is -2.36. The fraction of sp³-hybridized carbons (Fsp3) is 0.345. The second-order valence-corrected chi connectivity index (χ2v) is 9.63. The molecule has 1 N–H and O–H groups in total. The minimum Gasteiger partial charge on any atom is -0.494 e. The van der Waals surface area contributed by atoms with E-state index in [9.17, 15) is 9.18 Å². The van der Waals surface area contributed by atoms with Gasteiger partial charge in [0.25, 0.3) is 5.91 Å². The Balaban J connectivity index is 1.25.